The highest BCUT2D eigenvalue weighted by Gasteiger charge is 2.16. The second kappa shape index (κ2) is 5.73. The lowest BCUT2D eigenvalue weighted by Crippen LogP contribution is -2.18. The summed E-state index contributed by atoms with van der Waals surface area (Å²) in [6, 6.07) is 9.71. The summed E-state index contributed by atoms with van der Waals surface area (Å²) in [7, 11) is 0. The Morgan fingerprint density at radius 2 is 2.04 bits per heavy atom. The van der Waals surface area contributed by atoms with Crippen molar-refractivity contribution < 1.29 is 0 Å². The molecule has 4 rings (SSSR count). The predicted octanol–water partition coefficient (Wildman–Crippen LogP) is 3.11. The van der Waals surface area contributed by atoms with E-state index in [1.54, 1.807) is 18.6 Å². The van der Waals surface area contributed by atoms with Crippen LogP contribution in [0.4, 0.5) is 0 Å². The van der Waals surface area contributed by atoms with E-state index in [9.17, 15) is 4.79 Å². The molecule has 0 saturated heterocycles. The molecule has 0 saturated carbocycles. The summed E-state index contributed by atoms with van der Waals surface area (Å²) in [4.78, 5) is 21.4. The molecule has 3 heterocycles. The van der Waals surface area contributed by atoms with Crippen molar-refractivity contribution >= 4 is 5.65 Å². The first-order valence-corrected chi connectivity index (χ1v) is 8.21. The summed E-state index contributed by atoms with van der Waals surface area (Å²) in [5.41, 5.74) is 5.36. The first-order valence-electron chi connectivity index (χ1n) is 8.21. The Morgan fingerprint density at radius 1 is 1.20 bits per heavy atom. The van der Waals surface area contributed by atoms with Crippen LogP contribution in [0.25, 0.3) is 16.9 Å². The number of rotatable bonds is 3. The number of H-pyrrole nitrogens is 1. The SMILES string of the molecule is Cc1cccc(-c2[nH]n3c(=O)cc([C@@H](C)n4ccnc4)nc3c2C)c1. The average Bonchev–Trinajstić information content (AvgIpc) is 3.23. The molecule has 6 nitrogen and oxygen atoms in total. The second-order valence-electron chi connectivity index (χ2n) is 6.35. The number of hydrogen-bond acceptors (Lipinski definition) is 3. The maximum atomic E-state index is 12.6. The van der Waals surface area contributed by atoms with E-state index in [0.29, 0.717) is 5.65 Å². The second-order valence-corrected chi connectivity index (χ2v) is 6.35. The fraction of sp³-hybridized carbons (Fsp3) is 0.211. The largest absolute Gasteiger partial charge is 0.329 e. The van der Waals surface area contributed by atoms with Gasteiger partial charge in [0.25, 0.3) is 5.56 Å². The Bertz CT molecular complexity index is 1100. The van der Waals surface area contributed by atoms with E-state index < -0.39 is 0 Å². The lowest BCUT2D eigenvalue weighted by molar-refractivity contribution is 0.617. The summed E-state index contributed by atoms with van der Waals surface area (Å²) in [6.07, 6.45) is 5.33. The molecular formula is C19H19N5O. The molecule has 4 aromatic rings. The molecule has 0 aliphatic carbocycles. The van der Waals surface area contributed by atoms with Crippen LogP contribution in [0.5, 0.6) is 0 Å². The van der Waals surface area contributed by atoms with Gasteiger partial charge in [-0.2, -0.15) is 0 Å². The smallest absolute Gasteiger partial charge is 0.272 e. The molecular weight excluding hydrogens is 314 g/mol. The maximum Gasteiger partial charge on any atom is 0.272 e. The zero-order chi connectivity index (χ0) is 17.6. The van der Waals surface area contributed by atoms with Crippen LogP contribution in [-0.4, -0.2) is 24.1 Å². The van der Waals surface area contributed by atoms with Crippen LogP contribution in [0, 0.1) is 13.8 Å². The highest BCUT2D eigenvalue weighted by molar-refractivity contribution is 5.70. The van der Waals surface area contributed by atoms with Crippen LogP contribution < -0.4 is 5.56 Å². The molecule has 0 amide bonds. The van der Waals surface area contributed by atoms with Gasteiger partial charge < -0.3 is 4.57 Å². The standard InChI is InChI=1S/C19H19N5O/c1-12-5-4-6-15(9-12)18-13(2)19-21-16(10-17(25)24(19)22-18)14(3)23-8-7-20-11-23/h4-11,14,22H,1-3H3/t14-/m1/s1. The third-order valence-electron chi connectivity index (χ3n) is 4.58. The van der Waals surface area contributed by atoms with Crippen molar-refractivity contribution in [3.05, 3.63) is 76.2 Å². The molecule has 1 aromatic carbocycles. The fourth-order valence-electron chi connectivity index (χ4n) is 3.11. The molecule has 126 valence electrons. The zero-order valence-corrected chi connectivity index (χ0v) is 14.4. The first-order chi connectivity index (χ1) is 12.0. The van der Waals surface area contributed by atoms with Crippen molar-refractivity contribution in [2.45, 2.75) is 26.8 Å². The van der Waals surface area contributed by atoms with Crippen LogP contribution in [0.2, 0.25) is 0 Å². The van der Waals surface area contributed by atoms with E-state index in [4.69, 9.17) is 4.98 Å². The lowest BCUT2D eigenvalue weighted by atomic mass is 10.1. The number of aromatic amines is 1. The third kappa shape index (κ3) is 2.55. The van der Waals surface area contributed by atoms with Gasteiger partial charge in [-0.1, -0.05) is 23.8 Å². The fourth-order valence-corrected chi connectivity index (χ4v) is 3.11. The van der Waals surface area contributed by atoms with E-state index in [1.165, 1.54) is 10.1 Å². The Hall–Kier alpha value is -3.15. The van der Waals surface area contributed by atoms with Crippen molar-refractivity contribution in [3.63, 3.8) is 0 Å². The summed E-state index contributed by atoms with van der Waals surface area (Å²) in [5, 5.41) is 3.20. The highest BCUT2D eigenvalue weighted by Crippen LogP contribution is 2.25. The van der Waals surface area contributed by atoms with E-state index in [2.05, 4.69) is 29.1 Å². The molecule has 0 radical (unpaired) electrons. The zero-order valence-electron chi connectivity index (χ0n) is 14.4. The van der Waals surface area contributed by atoms with Gasteiger partial charge in [-0.3, -0.25) is 9.89 Å². The van der Waals surface area contributed by atoms with Gasteiger partial charge in [-0.25, -0.2) is 14.5 Å². The van der Waals surface area contributed by atoms with E-state index >= 15 is 0 Å². The highest BCUT2D eigenvalue weighted by atomic mass is 16.1. The Balaban J connectivity index is 1.89. The number of hydrogen-bond donors (Lipinski definition) is 1. The van der Waals surface area contributed by atoms with Gasteiger partial charge in [0.1, 0.15) is 0 Å². The van der Waals surface area contributed by atoms with Crippen LogP contribution >= 0.6 is 0 Å². The monoisotopic (exact) mass is 333 g/mol. The van der Waals surface area contributed by atoms with Crippen LogP contribution in [0.1, 0.15) is 29.8 Å². The van der Waals surface area contributed by atoms with Gasteiger partial charge in [-0.05, 0) is 26.8 Å². The van der Waals surface area contributed by atoms with Crippen LogP contribution in [0.3, 0.4) is 0 Å². The number of fused-ring (bicyclic) bond motifs is 1. The van der Waals surface area contributed by atoms with Crippen molar-refractivity contribution in [3.8, 4) is 11.3 Å². The molecule has 1 atom stereocenters. The van der Waals surface area contributed by atoms with Crippen molar-refractivity contribution in [1.29, 1.82) is 0 Å². The minimum atomic E-state index is -0.117. The molecule has 6 heteroatoms. The van der Waals surface area contributed by atoms with E-state index in [1.807, 2.05) is 36.7 Å². The van der Waals surface area contributed by atoms with Gasteiger partial charge in [0.05, 0.1) is 23.8 Å². The van der Waals surface area contributed by atoms with Gasteiger partial charge in [-0.15, -0.1) is 0 Å². The summed E-state index contributed by atoms with van der Waals surface area (Å²) in [5.74, 6) is 0. The number of benzene rings is 1. The molecule has 0 aliphatic rings. The quantitative estimate of drug-likeness (QED) is 0.626. The van der Waals surface area contributed by atoms with E-state index in [-0.39, 0.29) is 11.6 Å². The Kier molecular flexibility index (Phi) is 3.53. The van der Waals surface area contributed by atoms with Crippen LogP contribution in [0.15, 0.2) is 53.8 Å². The number of aromatic nitrogens is 5. The number of nitrogens with zero attached hydrogens (tertiary/aromatic N) is 4. The Labute approximate surface area is 144 Å². The maximum absolute atomic E-state index is 12.6. The van der Waals surface area contributed by atoms with Gasteiger partial charge in [0.15, 0.2) is 5.65 Å². The average molecular weight is 333 g/mol. The molecule has 3 aromatic heterocycles. The van der Waals surface area contributed by atoms with Crippen molar-refractivity contribution in [1.82, 2.24) is 24.1 Å². The van der Waals surface area contributed by atoms with Crippen molar-refractivity contribution in [2.75, 3.05) is 0 Å². The normalized spacial score (nSPS) is 12.6. The molecule has 0 aliphatic heterocycles. The molecule has 0 spiro atoms. The third-order valence-corrected chi connectivity index (χ3v) is 4.58. The predicted molar refractivity (Wildman–Crippen MR) is 96.8 cm³/mol. The molecule has 0 bridgehead atoms. The number of nitrogens with one attached hydrogen (secondary N) is 1. The minimum Gasteiger partial charge on any atom is -0.329 e. The van der Waals surface area contributed by atoms with Gasteiger partial charge in [0.2, 0.25) is 0 Å². The van der Waals surface area contributed by atoms with Crippen molar-refractivity contribution in [2.24, 2.45) is 0 Å². The lowest BCUT2D eigenvalue weighted by Gasteiger charge is -2.12. The van der Waals surface area contributed by atoms with Gasteiger partial charge in [0, 0.05) is 29.6 Å². The summed E-state index contributed by atoms with van der Waals surface area (Å²) in [6.45, 7) is 6.04. The molecule has 0 unspecified atom stereocenters. The van der Waals surface area contributed by atoms with Gasteiger partial charge >= 0.3 is 0 Å². The molecule has 0 fully saturated rings. The molecule has 25 heavy (non-hydrogen) atoms. The van der Waals surface area contributed by atoms with E-state index in [0.717, 1.165) is 22.5 Å². The number of aryl methyl sites for hydroxylation is 2. The summed E-state index contributed by atoms with van der Waals surface area (Å²) >= 11 is 0. The first kappa shape index (κ1) is 15.4. The molecule has 1 N–H and O–H groups in total. The van der Waals surface area contributed by atoms with Crippen LogP contribution in [-0.2, 0) is 0 Å². The topological polar surface area (TPSA) is 68.0 Å². The Morgan fingerprint density at radius 3 is 2.76 bits per heavy atom. The summed E-state index contributed by atoms with van der Waals surface area (Å²) < 4.78 is 3.44. The minimum absolute atomic E-state index is 0.0584. The number of imidazole rings is 1.